The maximum absolute atomic E-state index is 13.5. The highest BCUT2D eigenvalue weighted by Crippen LogP contribution is 2.33. The van der Waals surface area contributed by atoms with Gasteiger partial charge in [-0.15, -0.1) is 0 Å². The van der Waals surface area contributed by atoms with Crippen molar-refractivity contribution in [3.05, 3.63) is 106 Å². The summed E-state index contributed by atoms with van der Waals surface area (Å²) in [6.45, 7) is -0.0288. The molecular weight excluding hydrogens is 416 g/mol. The maximum Gasteiger partial charge on any atom is 0.264 e. The lowest BCUT2D eigenvalue weighted by atomic mass is 9.98. The van der Waals surface area contributed by atoms with Gasteiger partial charge in [-0.05, 0) is 35.4 Å². The first-order valence-electron chi connectivity index (χ1n) is 10.7. The summed E-state index contributed by atoms with van der Waals surface area (Å²) in [6.07, 6.45) is 1.85. The number of carbonyl (C=O) groups is 1. The number of hydrazone groups is 1. The van der Waals surface area contributed by atoms with Crippen LogP contribution in [0.15, 0.2) is 95.0 Å². The fourth-order valence-corrected chi connectivity index (χ4v) is 4.12. The topological polar surface area (TPSA) is 76.8 Å². The van der Waals surface area contributed by atoms with Crippen molar-refractivity contribution in [2.45, 2.75) is 19.0 Å². The van der Waals surface area contributed by atoms with E-state index in [1.165, 1.54) is 6.20 Å². The van der Waals surface area contributed by atoms with Gasteiger partial charge >= 0.3 is 0 Å². The molecule has 0 spiro atoms. The van der Waals surface area contributed by atoms with E-state index in [-0.39, 0.29) is 23.9 Å². The molecule has 0 aliphatic carbocycles. The summed E-state index contributed by atoms with van der Waals surface area (Å²) in [5, 5.41) is 11.0. The fraction of sp³-hybridized carbons (Fsp3) is 0.154. The number of rotatable bonds is 5. The normalized spacial score (nSPS) is 15.5. The van der Waals surface area contributed by atoms with Crippen LogP contribution in [0.4, 0.5) is 0 Å². The van der Waals surface area contributed by atoms with Crippen molar-refractivity contribution in [1.82, 2.24) is 14.8 Å². The number of methoxy groups -OCH3 is 1. The van der Waals surface area contributed by atoms with Gasteiger partial charge in [-0.1, -0.05) is 54.6 Å². The van der Waals surface area contributed by atoms with E-state index < -0.39 is 0 Å². The third-order valence-corrected chi connectivity index (χ3v) is 5.82. The average Bonchev–Trinajstić information content (AvgIpc) is 3.32. The van der Waals surface area contributed by atoms with Crippen LogP contribution in [0.25, 0.3) is 10.9 Å². The van der Waals surface area contributed by atoms with Gasteiger partial charge in [-0.25, -0.2) is 5.01 Å². The molecule has 1 aromatic heterocycles. The zero-order valence-corrected chi connectivity index (χ0v) is 18.1. The van der Waals surface area contributed by atoms with Crippen molar-refractivity contribution in [3.8, 4) is 5.75 Å². The first-order valence-corrected chi connectivity index (χ1v) is 10.7. The molecule has 0 N–H and O–H groups in total. The van der Waals surface area contributed by atoms with E-state index in [9.17, 15) is 9.59 Å². The smallest absolute Gasteiger partial charge is 0.264 e. The van der Waals surface area contributed by atoms with Crippen molar-refractivity contribution in [3.63, 3.8) is 0 Å². The highest BCUT2D eigenvalue weighted by atomic mass is 16.5. The standard InChI is InChI=1S/C26H22N4O3/c1-33-20-13-11-19(12-14-20)24-15-22(18-7-3-2-4-8-18)28-30(24)26(32)17-29-23-10-6-5-9-21(23)25(31)16-27-29/h2-14,16,24H,15,17H2,1H3/t24-/m0/s1. The van der Waals surface area contributed by atoms with E-state index in [1.807, 2.05) is 60.7 Å². The van der Waals surface area contributed by atoms with Gasteiger partial charge in [-0.3, -0.25) is 14.3 Å². The van der Waals surface area contributed by atoms with E-state index in [0.29, 0.717) is 17.3 Å². The summed E-state index contributed by atoms with van der Waals surface area (Å²) in [6, 6.07) is 24.5. The van der Waals surface area contributed by atoms with E-state index in [2.05, 4.69) is 5.10 Å². The maximum atomic E-state index is 13.5. The molecule has 4 aromatic rings. The Bertz CT molecular complexity index is 1390. The second-order valence-electron chi connectivity index (χ2n) is 7.83. The summed E-state index contributed by atoms with van der Waals surface area (Å²) >= 11 is 0. The lowest BCUT2D eigenvalue weighted by Crippen LogP contribution is -2.31. The van der Waals surface area contributed by atoms with Crippen LogP contribution in [0.1, 0.15) is 23.6 Å². The number of fused-ring (bicyclic) bond motifs is 1. The van der Waals surface area contributed by atoms with Crippen LogP contribution in [0, 0.1) is 0 Å². The lowest BCUT2D eigenvalue weighted by molar-refractivity contribution is -0.133. The van der Waals surface area contributed by atoms with Gasteiger partial charge in [-0.2, -0.15) is 10.2 Å². The Morgan fingerprint density at radius 2 is 1.73 bits per heavy atom. The van der Waals surface area contributed by atoms with Gasteiger partial charge in [0, 0.05) is 11.8 Å². The van der Waals surface area contributed by atoms with E-state index in [0.717, 1.165) is 22.6 Å². The van der Waals surface area contributed by atoms with Crippen molar-refractivity contribution < 1.29 is 9.53 Å². The van der Waals surface area contributed by atoms with Crippen LogP contribution in [-0.4, -0.2) is 33.5 Å². The molecule has 2 heterocycles. The third-order valence-electron chi connectivity index (χ3n) is 5.82. The Kier molecular flexibility index (Phi) is 5.44. The molecular formula is C26H22N4O3. The Labute approximate surface area is 190 Å². The molecule has 1 atom stereocenters. The molecule has 0 bridgehead atoms. The first-order chi connectivity index (χ1) is 16.1. The lowest BCUT2D eigenvalue weighted by Gasteiger charge is -2.23. The number of para-hydroxylation sites is 1. The number of ether oxygens (including phenoxy) is 1. The molecule has 5 rings (SSSR count). The van der Waals surface area contributed by atoms with E-state index in [1.54, 1.807) is 35.0 Å². The summed E-state index contributed by atoms with van der Waals surface area (Å²) in [5.74, 6) is 0.547. The van der Waals surface area contributed by atoms with Crippen molar-refractivity contribution in [2.24, 2.45) is 5.10 Å². The Morgan fingerprint density at radius 1 is 1.00 bits per heavy atom. The number of aromatic nitrogens is 2. The second kappa shape index (κ2) is 8.70. The van der Waals surface area contributed by atoms with Gasteiger partial charge in [0.15, 0.2) is 0 Å². The highest BCUT2D eigenvalue weighted by Gasteiger charge is 2.33. The number of benzene rings is 3. The minimum Gasteiger partial charge on any atom is -0.497 e. The van der Waals surface area contributed by atoms with Gasteiger partial charge in [0.1, 0.15) is 12.3 Å². The summed E-state index contributed by atoms with van der Waals surface area (Å²) < 4.78 is 6.84. The molecule has 0 fully saturated rings. The average molecular weight is 438 g/mol. The van der Waals surface area contributed by atoms with Gasteiger partial charge in [0.05, 0.1) is 30.6 Å². The van der Waals surface area contributed by atoms with Crippen LogP contribution < -0.4 is 10.2 Å². The Hall–Kier alpha value is -4.26. The van der Waals surface area contributed by atoms with Crippen LogP contribution in [0.5, 0.6) is 5.75 Å². The molecule has 164 valence electrons. The van der Waals surface area contributed by atoms with E-state index >= 15 is 0 Å². The van der Waals surface area contributed by atoms with Gasteiger partial charge < -0.3 is 4.74 Å². The van der Waals surface area contributed by atoms with Gasteiger partial charge in [0.25, 0.3) is 5.91 Å². The molecule has 0 radical (unpaired) electrons. The van der Waals surface area contributed by atoms with Crippen molar-refractivity contribution in [1.29, 1.82) is 0 Å². The van der Waals surface area contributed by atoms with Crippen molar-refractivity contribution >= 4 is 22.5 Å². The molecule has 1 aliphatic heterocycles. The Balaban J connectivity index is 1.50. The third kappa shape index (κ3) is 4.01. The van der Waals surface area contributed by atoms with Gasteiger partial charge in [0.2, 0.25) is 5.43 Å². The molecule has 3 aromatic carbocycles. The predicted molar refractivity (Wildman–Crippen MR) is 126 cm³/mol. The minimum atomic E-state index is -0.246. The number of carbonyl (C=O) groups excluding carboxylic acids is 1. The number of amides is 1. The molecule has 0 saturated carbocycles. The van der Waals surface area contributed by atoms with Crippen molar-refractivity contribution in [2.75, 3.05) is 7.11 Å². The fourth-order valence-electron chi connectivity index (χ4n) is 4.12. The van der Waals surface area contributed by atoms with Crippen LogP contribution in [0.3, 0.4) is 0 Å². The van der Waals surface area contributed by atoms with E-state index in [4.69, 9.17) is 9.84 Å². The highest BCUT2D eigenvalue weighted by molar-refractivity contribution is 6.03. The molecule has 1 amide bonds. The Morgan fingerprint density at radius 3 is 2.48 bits per heavy atom. The quantitative estimate of drug-likeness (QED) is 0.475. The largest absolute Gasteiger partial charge is 0.497 e. The SMILES string of the molecule is COc1ccc([C@@H]2CC(c3ccccc3)=NN2C(=O)Cn2ncc(=O)c3ccccc32)cc1. The molecule has 7 heteroatoms. The number of nitrogens with zero attached hydrogens (tertiary/aromatic N) is 4. The summed E-state index contributed by atoms with van der Waals surface area (Å²) in [4.78, 5) is 25.6. The second-order valence-corrected chi connectivity index (χ2v) is 7.83. The zero-order chi connectivity index (χ0) is 22.8. The monoisotopic (exact) mass is 438 g/mol. The molecule has 33 heavy (non-hydrogen) atoms. The minimum absolute atomic E-state index is 0.0288. The van der Waals surface area contributed by atoms with Crippen LogP contribution >= 0.6 is 0 Å². The first kappa shape index (κ1) is 20.6. The zero-order valence-electron chi connectivity index (χ0n) is 18.1. The number of hydrogen-bond donors (Lipinski definition) is 0. The van der Waals surface area contributed by atoms with Crippen LogP contribution in [0.2, 0.25) is 0 Å². The number of hydrogen-bond acceptors (Lipinski definition) is 5. The summed E-state index contributed by atoms with van der Waals surface area (Å²) in [5.41, 5.74) is 3.25. The molecule has 7 nitrogen and oxygen atoms in total. The predicted octanol–water partition coefficient (Wildman–Crippen LogP) is 3.78. The summed E-state index contributed by atoms with van der Waals surface area (Å²) in [7, 11) is 1.62. The molecule has 0 unspecified atom stereocenters. The van der Waals surface area contributed by atoms with Crippen LogP contribution in [-0.2, 0) is 11.3 Å². The molecule has 1 aliphatic rings. The molecule has 0 saturated heterocycles.